The summed E-state index contributed by atoms with van der Waals surface area (Å²) in [5.41, 5.74) is 0.596. The molecule has 1 aliphatic rings. The number of benzene rings is 2. The lowest BCUT2D eigenvalue weighted by molar-refractivity contribution is -0.117. The lowest BCUT2D eigenvalue weighted by Gasteiger charge is -2.20. The molecular formula is C21H22ClFN6O3S. The second-order valence-corrected chi connectivity index (χ2v) is 10.0. The Bertz CT molecular complexity index is 1260. The highest BCUT2D eigenvalue weighted by Crippen LogP contribution is 2.28. The van der Waals surface area contributed by atoms with E-state index in [9.17, 15) is 17.6 Å². The molecule has 0 unspecified atom stereocenters. The van der Waals surface area contributed by atoms with Crippen LogP contribution in [0.2, 0.25) is 5.02 Å². The van der Waals surface area contributed by atoms with Crippen molar-refractivity contribution in [2.24, 2.45) is 0 Å². The van der Waals surface area contributed by atoms with E-state index in [0.717, 1.165) is 30.5 Å². The van der Waals surface area contributed by atoms with Crippen molar-refractivity contribution in [1.82, 2.24) is 24.5 Å². The molecule has 2 aromatic carbocycles. The number of rotatable bonds is 6. The van der Waals surface area contributed by atoms with E-state index in [2.05, 4.69) is 20.7 Å². The molecule has 1 aromatic heterocycles. The Morgan fingerprint density at radius 1 is 1.09 bits per heavy atom. The summed E-state index contributed by atoms with van der Waals surface area (Å²) in [4.78, 5) is 13.6. The molecule has 1 saturated heterocycles. The Morgan fingerprint density at radius 2 is 1.85 bits per heavy atom. The zero-order chi connectivity index (χ0) is 23.4. The summed E-state index contributed by atoms with van der Waals surface area (Å²) in [6.07, 6.45) is 3.65. The lowest BCUT2D eigenvalue weighted by Crippen LogP contribution is -2.32. The summed E-state index contributed by atoms with van der Waals surface area (Å²) in [7, 11) is -3.70. The number of tetrazole rings is 1. The summed E-state index contributed by atoms with van der Waals surface area (Å²) in [6.45, 7) is 0.651. The number of carbonyl (C=O) groups excluding carboxylic acids is 1. The van der Waals surface area contributed by atoms with E-state index in [1.54, 1.807) is 6.07 Å². The van der Waals surface area contributed by atoms with Gasteiger partial charge in [-0.05, 0) is 48.4 Å². The predicted molar refractivity (Wildman–Crippen MR) is 121 cm³/mol. The molecule has 0 saturated carbocycles. The van der Waals surface area contributed by atoms with Crippen LogP contribution >= 0.6 is 11.6 Å². The molecule has 1 aliphatic heterocycles. The summed E-state index contributed by atoms with van der Waals surface area (Å²) in [5.74, 6) is -0.790. The number of sulfonamides is 1. The molecule has 0 atom stereocenters. The van der Waals surface area contributed by atoms with E-state index >= 15 is 0 Å². The van der Waals surface area contributed by atoms with Crippen LogP contribution in [0.15, 0.2) is 47.4 Å². The quantitative estimate of drug-likeness (QED) is 0.565. The summed E-state index contributed by atoms with van der Waals surface area (Å²) in [6, 6.07) is 9.94. The zero-order valence-corrected chi connectivity index (χ0v) is 19.2. The van der Waals surface area contributed by atoms with Gasteiger partial charge in [-0.25, -0.2) is 12.8 Å². The number of halogens is 2. The van der Waals surface area contributed by atoms with Crippen molar-refractivity contribution in [2.45, 2.75) is 37.1 Å². The maximum absolute atomic E-state index is 13.4. The van der Waals surface area contributed by atoms with Gasteiger partial charge in [0.15, 0.2) is 0 Å². The third kappa shape index (κ3) is 5.55. The summed E-state index contributed by atoms with van der Waals surface area (Å²) in [5, 5.41) is 14.5. The first-order valence-corrected chi connectivity index (χ1v) is 12.3. The van der Waals surface area contributed by atoms with Gasteiger partial charge in [-0.1, -0.05) is 36.6 Å². The van der Waals surface area contributed by atoms with E-state index < -0.39 is 21.7 Å². The third-order valence-corrected chi connectivity index (χ3v) is 7.46. The van der Waals surface area contributed by atoms with Crippen LogP contribution in [0.1, 0.15) is 25.7 Å². The normalized spacial score (nSPS) is 15.2. The number of amides is 1. The largest absolute Gasteiger partial charge is 0.323 e. The van der Waals surface area contributed by atoms with Gasteiger partial charge in [0, 0.05) is 18.7 Å². The minimum atomic E-state index is -3.70. The van der Waals surface area contributed by atoms with Crippen molar-refractivity contribution < 1.29 is 17.6 Å². The highest BCUT2D eigenvalue weighted by atomic mass is 35.5. The standard InChI is InChI=1S/C21H22ClFN6O3S/c22-18-9-8-17(33(31,32)28-10-3-1-2-4-11-28)13-19(18)24-20(30)14-29-26-21(25-27-29)15-6-5-7-16(23)12-15/h5-9,12-13H,1-4,10-11,14H2,(H,24,30). The molecule has 4 rings (SSSR count). The van der Waals surface area contributed by atoms with Crippen molar-refractivity contribution in [2.75, 3.05) is 18.4 Å². The van der Waals surface area contributed by atoms with E-state index in [4.69, 9.17) is 11.6 Å². The molecule has 174 valence electrons. The number of nitrogens with one attached hydrogen (secondary N) is 1. The molecule has 9 nitrogen and oxygen atoms in total. The van der Waals surface area contributed by atoms with Gasteiger partial charge < -0.3 is 5.32 Å². The molecule has 1 amide bonds. The fourth-order valence-electron chi connectivity index (χ4n) is 3.56. The molecule has 2 heterocycles. The number of anilines is 1. The Hall–Kier alpha value is -2.89. The second-order valence-electron chi connectivity index (χ2n) is 7.66. The second kappa shape index (κ2) is 9.94. The van der Waals surface area contributed by atoms with Crippen LogP contribution in [0.3, 0.4) is 0 Å². The van der Waals surface area contributed by atoms with Gasteiger partial charge in [-0.15, -0.1) is 10.2 Å². The van der Waals surface area contributed by atoms with Crippen molar-refractivity contribution in [1.29, 1.82) is 0 Å². The molecule has 33 heavy (non-hydrogen) atoms. The van der Waals surface area contributed by atoms with Crippen molar-refractivity contribution >= 4 is 33.2 Å². The number of carbonyl (C=O) groups is 1. The Morgan fingerprint density at radius 3 is 2.58 bits per heavy atom. The first-order valence-electron chi connectivity index (χ1n) is 10.5. The van der Waals surface area contributed by atoms with E-state index in [-0.39, 0.29) is 28.0 Å². The van der Waals surface area contributed by atoms with Crippen LogP contribution in [0.25, 0.3) is 11.4 Å². The van der Waals surface area contributed by atoms with Crippen molar-refractivity contribution in [3.05, 3.63) is 53.3 Å². The average Bonchev–Trinajstić information content (AvgIpc) is 3.06. The van der Waals surface area contributed by atoms with Crippen molar-refractivity contribution in [3.63, 3.8) is 0 Å². The smallest absolute Gasteiger partial charge is 0.248 e. The van der Waals surface area contributed by atoms with Gasteiger partial charge in [0.25, 0.3) is 0 Å². The first kappa shape index (κ1) is 23.3. The van der Waals surface area contributed by atoms with Gasteiger partial charge in [0.05, 0.1) is 15.6 Å². The van der Waals surface area contributed by atoms with Gasteiger partial charge in [0.2, 0.25) is 21.8 Å². The molecule has 1 fully saturated rings. The maximum atomic E-state index is 13.4. The number of hydrogen-bond acceptors (Lipinski definition) is 6. The van der Waals surface area contributed by atoms with E-state index in [1.807, 2.05) is 0 Å². The SMILES string of the molecule is O=C(Cn1nnc(-c2cccc(F)c2)n1)Nc1cc(S(=O)(=O)N2CCCCCC2)ccc1Cl. The van der Waals surface area contributed by atoms with Crippen LogP contribution < -0.4 is 5.32 Å². The monoisotopic (exact) mass is 492 g/mol. The number of aromatic nitrogens is 4. The zero-order valence-electron chi connectivity index (χ0n) is 17.6. The van der Waals surface area contributed by atoms with Gasteiger partial charge >= 0.3 is 0 Å². The minimum Gasteiger partial charge on any atom is -0.323 e. The first-order chi connectivity index (χ1) is 15.8. The average molecular weight is 493 g/mol. The molecule has 3 aromatic rings. The third-order valence-electron chi connectivity index (χ3n) is 5.24. The Kier molecular flexibility index (Phi) is 7.01. The number of hydrogen-bond donors (Lipinski definition) is 1. The molecule has 0 spiro atoms. The van der Waals surface area contributed by atoms with Crippen LogP contribution in [0.5, 0.6) is 0 Å². The van der Waals surface area contributed by atoms with Crippen molar-refractivity contribution in [3.8, 4) is 11.4 Å². The maximum Gasteiger partial charge on any atom is 0.248 e. The number of nitrogens with zero attached hydrogens (tertiary/aromatic N) is 5. The lowest BCUT2D eigenvalue weighted by atomic mass is 10.2. The predicted octanol–water partition coefficient (Wildman–Crippen LogP) is 3.34. The van der Waals surface area contributed by atoms with Crippen LogP contribution in [0, 0.1) is 5.82 Å². The minimum absolute atomic E-state index is 0.0661. The Balaban J connectivity index is 1.47. The Labute approximate surface area is 195 Å². The molecule has 12 heteroatoms. The molecule has 0 radical (unpaired) electrons. The van der Waals surface area contributed by atoms with Crippen LogP contribution in [-0.4, -0.2) is 51.9 Å². The van der Waals surface area contributed by atoms with E-state index in [0.29, 0.717) is 18.7 Å². The highest BCUT2D eigenvalue weighted by Gasteiger charge is 2.26. The summed E-state index contributed by atoms with van der Waals surface area (Å²) >= 11 is 6.20. The summed E-state index contributed by atoms with van der Waals surface area (Å²) < 4.78 is 41.0. The highest BCUT2D eigenvalue weighted by molar-refractivity contribution is 7.89. The van der Waals surface area contributed by atoms with Crippen LogP contribution in [0.4, 0.5) is 10.1 Å². The molecule has 0 aliphatic carbocycles. The molecule has 1 N–H and O–H groups in total. The van der Waals surface area contributed by atoms with Gasteiger partial charge in [0.1, 0.15) is 12.4 Å². The van der Waals surface area contributed by atoms with Crippen LogP contribution in [-0.2, 0) is 21.4 Å². The fraction of sp³-hybridized carbons (Fsp3) is 0.333. The fourth-order valence-corrected chi connectivity index (χ4v) is 5.27. The van der Waals surface area contributed by atoms with Gasteiger partial charge in [-0.3, -0.25) is 4.79 Å². The molecule has 0 bridgehead atoms. The molecular weight excluding hydrogens is 471 g/mol. The topological polar surface area (TPSA) is 110 Å². The van der Waals surface area contributed by atoms with E-state index in [1.165, 1.54) is 40.7 Å². The van der Waals surface area contributed by atoms with Gasteiger partial charge in [-0.2, -0.15) is 9.10 Å².